The van der Waals surface area contributed by atoms with E-state index in [1.807, 2.05) is 6.92 Å². The van der Waals surface area contributed by atoms with Crippen molar-refractivity contribution in [3.63, 3.8) is 0 Å². The molecule has 88 valence electrons. The standard InChI is InChI=1S/C12H14BrFO2/c1-3-6-16-12(8(2)15)10-5-4-9(13)7-11(10)14/h4-5,7,12H,3,6H2,1-2H3. The van der Waals surface area contributed by atoms with E-state index in [0.29, 0.717) is 16.6 Å². The third kappa shape index (κ3) is 3.39. The maximum absolute atomic E-state index is 13.6. The van der Waals surface area contributed by atoms with Gasteiger partial charge in [-0.15, -0.1) is 0 Å². The summed E-state index contributed by atoms with van der Waals surface area (Å²) in [5, 5.41) is 0. The number of Topliss-reactive ketones (excluding diaryl/α,β-unsaturated/α-hetero) is 1. The number of rotatable bonds is 5. The Bertz CT molecular complexity index is 379. The Balaban J connectivity index is 2.96. The Morgan fingerprint density at radius 1 is 1.56 bits per heavy atom. The van der Waals surface area contributed by atoms with E-state index in [4.69, 9.17) is 4.74 Å². The lowest BCUT2D eigenvalue weighted by Crippen LogP contribution is -2.15. The predicted molar refractivity (Wildman–Crippen MR) is 63.8 cm³/mol. The van der Waals surface area contributed by atoms with Crippen LogP contribution in [0.4, 0.5) is 4.39 Å². The third-order valence-corrected chi connectivity index (χ3v) is 2.60. The van der Waals surface area contributed by atoms with Crippen LogP contribution in [0.2, 0.25) is 0 Å². The van der Waals surface area contributed by atoms with Gasteiger partial charge in [-0.05, 0) is 25.5 Å². The van der Waals surface area contributed by atoms with Crippen LogP contribution in [0.25, 0.3) is 0 Å². The zero-order valence-corrected chi connectivity index (χ0v) is 10.9. The van der Waals surface area contributed by atoms with Gasteiger partial charge in [-0.2, -0.15) is 0 Å². The van der Waals surface area contributed by atoms with Crippen molar-refractivity contribution in [2.75, 3.05) is 6.61 Å². The summed E-state index contributed by atoms with van der Waals surface area (Å²) in [4.78, 5) is 11.4. The molecule has 0 radical (unpaired) electrons. The minimum absolute atomic E-state index is 0.185. The van der Waals surface area contributed by atoms with Crippen LogP contribution < -0.4 is 0 Å². The first-order valence-electron chi connectivity index (χ1n) is 5.13. The summed E-state index contributed by atoms with van der Waals surface area (Å²) in [6, 6.07) is 4.60. The molecule has 0 heterocycles. The smallest absolute Gasteiger partial charge is 0.163 e. The Labute approximate surface area is 103 Å². The summed E-state index contributed by atoms with van der Waals surface area (Å²) in [7, 11) is 0. The maximum atomic E-state index is 13.6. The van der Waals surface area contributed by atoms with E-state index in [-0.39, 0.29) is 5.78 Å². The molecule has 1 atom stereocenters. The monoisotopic (exact) mass is 288 g/mol. The second-order valence-corrected chi connectivity index (χ2v) is 4.44. The van der Waals surface area contributed by atoms with Crippen molar-refractivity contribution in [1.29, 1.82) is 0 Å². The number of hydrogen-bond donors (Lipinski definition) is 0. The van der Waals surface area contributed by atoms with Crippen molar-refractivity contribution in [2.24, 2.45) is 0 Å². The Morgan fingerprint density at radius 3 is 2.75 bits per heavy atom. The molecule has 1 unspecified atom stereocenters. The Kier molecular flexibility index (Phi) is 5.09. The molecule has 0 saturated heterocycles. The highest BCUT2D eigenvalue weighted by atomic mass is 79.9. The summed E-state index contributed by atoms with van der Waals surface area (Å²) in [6.07, 6.45) is -0.00452. The fourth-order valence-electron chi connectivity index (χ4n) is 1.38. The van der Waals surface area contributed by atoms with E-state index in [2.05, 4.69) is 15.9 Å². The molecule has 0 fully saturated rings. The van der Waals surface area contributed by atoms with E-state index < -0.39 is 11.9 Å². The van der Waals surface area contributed by atoms with Crippen molar-refractivity contribution < 1.29 is 13.9 Å². The van der Waals surface area contributed by atoms with Crippen molar-refractivity contribution in [1.82, 2.24) is 0 Å². The summed E-state index contributed by atoms with van der Waals surface area (Å²) in [6.45, 7) is 3.79. The van der Waals surface area contributed by atoms with Gasteiger partial charge in [0.1, 0.15) is 11.9 Å². The molecule has 1 aromatic rings. The van der Waals surface area contributed by atoms with Crippen molar-refractivity contribution in [3.8, 4) is 0 Å². The second-order valence-electron chi connectivity index (χ2n) is 3.53. The van der Waals surface area contributed by atoms with Crippen LogP contribution >= 0.6 is 15.9 Å². The predicted octanol–water partition coefficient (Wildman–Crippen LogP) is 3.64. The largest absolute Gasteiger partial charge is 0.366 e. The van der Waals surface area contributed by atoms with Crippen LogP contribution in [0.3, 0.4) is 0 Å². The summed E-state index contributed by atoms with van der Waals surface area (Å²) < 4.78 is 19.6. The van der Waals surface area contributed by atoms with Gasteiger partial charge in [0, 0.05) is 16.6 Å². The molecular formula is C12H14BrFO2. The average Bonchev–Trinajstić information content (AvgIpc) is 2.20. The third-order valence-electron chi connectivity index (χ3n) is 2.10. The van der Waals surface area contributed by atoms with E-state index in [1.165, 1.54) is 13.0 Å². The normalized spacial score (nSPS) is 12.5. The Morgan fingerprint density at radius 2 is 2.25 bits per heavy atom. The van der Waals surface area contributed by atoms with Crippen LogP contribution in [0.15, 0.2) is 22.7 Å². The van der Waals surface area contributed by atoms with E-state index in [0.717, 1.165) is 6.42 Å². The molecule has 1 aromatic carbocycles. The SMILES string of the molecule is CCCOC(C(C)=O)c1ccc(Br)cc1F. The molecule has 0 bridgehead atoms. The van der Waals surface area contributed by atoms with E-state index in [9.17, 15) is 9.18 Å². The molecular weight excluding hydrogens is 275 g/mol. The van der Waals surface area contributed by atoms with Crippen LogP contribution in [-0.4, -0.2) is 12.4 Å². The molecule has 2 nitrogen and oxygen atoms in total. The maximum Gasteiger partial charge on any atom is 0.163 e. The number of benzene rings is 1. The van der Waals surface area contributed by atoms with Crippen molar-refractivity contribution in [3.05, 3.63) is 34.1 Å². The van der Waals surface area contributed by atoms with Crippen molar-refractivity contribution in [2.45, 2.75) is 26.4 Å². The van der Waals surface area contributed by atoms with Crippen LogP contribution in [0.5, 0.6) is 0 Å². The molecule has 0 N–H and O–H groups in total. The van der Waals surface area contributed by atoms with Gasteiger partial charge in [-0.25, -0.2) is 4.39 Å². The summed E-state index contributed by atoms with van der Waals surface area (Å²) in [5.41, 5.74) is 0.296. The first-order valence-corrected chi connectivity index (χ1v) is 5.92. The lowest BCUT2D eigenvalue weighted by molar-refractivity contribution is -0.129. The molecule has 0 aromatic heterocycles. The zero-order valence-electron chi connectivity index (χ0n) is 9.30. The zero-order chi connectivity index (χ0) is 12.1. The molecule has 0 saturated carbocycles. The van der Waals surface area contributed by atoms with Crippen LogP contribution in [0, 0.1) is 5.82 Å². The van der Waals surface area contributed by atoms with Gasteiger partial charge >= 0.3 is 0 Å². The van der Waals surface area contributed by atoms with Gasteiger partial charge in [0.25, 0.3) is 0 Å². The van der Waals surface area contributed by atoms with Gasteiger partial charge in [-0.3, -0.25) is 4.79 Å². The fraction of sp³-hybridized carbons (Fsp3) is 0.417. The minimum Gasteiger partial charge on any atom is -0.366 e. The van der Waals surface area contributed by atoms with Crippen LogP contribution in [0.1, 0.15) is 31.9 Å². The second kappa shape index (κ2) is 6.11. The number of carbonyl (C=O) groups excluding carboxylic acids is 1. The summed E-state index contributed by atoms with van der Waals surface area (Å²) >= 11 is 3.17. The molecule has 0 spiro atoms. The number of halogens is 2. The molecule has 4 heteroatoms. The van der Waals surface area contributed by atoms with E-state index in [1.54, 1.807) is 12.1 Å². The highest BCUT2D eigenvalue weighted by molar-refractivity contribution is 9.10. The molecule has 0 aliphatic rings. The number of ether oxygens (including phenoxy) is 1. The van der Waals surface area contributed by atoms with Gasteiger partial charge in [0.05, 0.1) is 0 Å². The number of carbonyl (C=O) groups is 1. The van der Waals surface area contributed by atoms with Gasteiger partial charge in [-0.1, -0.05) is 28.9 Å². The highest BCUT2D eigenvalue weighted by Gasteiger charge is 2.20. The van der Waals surface area contributed by atoms with Gasteiger partial charge in [0.15, 0.2) is 5.78 Å². The Hall–Kier alpha value is -0.740. The molecule has 0 aliphatic heterocycles. The lowest BCUT2D eigenvalue weighted by Gasteiger charge is -2.15. The number of ketones is 1. The van der Waals surface area contributed by atoms with Crippen molar-refractivity contribution >= 4 is 21.7 Å². The highest BCUT2D eigenvalue weighted by Crippen LogP contribution is 2.24. The topological polar surface area (TPSA) is 26.3 Å². The quantitative estimate of drug-likeness (QED) is 0.827. The lowest BCUT2D eigenvalue weighted by atomic mass is 10.1. The number of hydrogen-bond acceptors (Lipinski definition) is 2. The first kappa shape index (κ1) is 13.3. The molecule has 1 rings (SSSR count). The summed E-state index contributed by atoms with van der Waals surface area (Å²) in [5.74, 6) is -0.611. The van der Waals surface area contributed by atoms with Gasteiger partial charge in [0.2, 0.25) is 0 Å². The molecule has 0 aliphatic carbocycles. The molecule has 0 amide bonds. The minimum atomic E-state index is -0.798. The first-order chi connectivity index (χ1) is 7.56. The fourth-order valence-corrected chi connectivity index (χ4v) is 1.71. The van der Waals surface area contributed by atoms with Gasteiger partial charge < -0.3 is 4.74 Å². The van der Waals surface area contributed by atoms with Crippen LogP contribution in [-0.2, 0) is 9.53 Å². The van der Waals surface area contributed by atoms with E-state index >= 15 is 0 Å². The average molecular weight is 289 g/mol. The molecule has 16 heavy (non-hydrogen) atoms.